The Morgan fingerprint density at radius 1 is 0.459 bits per heavy atom. The molecule has 600 valence electrons. The van der Waals surface area contributed by atoms with Gasteiger partial charge in [0.1, 0.15) is 60.4 Å². The van der Waals surface area contributed by atoms with Crippen LogP contribution < -0.4 is 37.2 Å². The van der Waals surface area contributed by atoms with Gasteiger partial charge in [-0.15, -0.1) is 0 Å². The topological polar surface area (TPSA) is 366 Å². The standard InChI is InChI=1S/C80H120N14O15/c1-49(2)40-59(70(99)87-80(109)92(16)65(46-58-34-25-19-26-35-58)73(102)82-53(9)76(105)93-37-27-20-28-38-93)84-75(104)69(54(10)95)86-72(101)62-36-29-39-94(62)68(98)47-81-71(100)63(41-50(3)4)89(13)78(107)61(45-57-32-23-18-24-33-57)85-74(103)64(42-51(5)6)90(14)79(108)66(43-52(7)8)91(15)77(106)60(44-56-30-21-17-22-31-56)83-67(97)48-88(12)55(11)96/h17-19,21-26,30-35,49-54,59-66,69,95H,20,27-29,36-48H2,1-16H3,(H,81,100)(H,82,102)(H,83,97)(H,84,104)(H,85,103)(H,86,101)(H,87,99,109)/t53-,54+,59+,60+,61+,62-,63-,64-,65?,66-,69+/m0/s1. The number of aliphatic hydroxyl groups is 1. The van der Waals surface area contributed by atoms with Crippen molar-refractivity contribution in [1.29, 1.82) is 0 Å². The van der Waals surface area contributed by atoms with Gasteiger partial charge in [0.25, 0.3) is 5.91 Å². The van der Waals surface area contributed by atoms with Gasteiger partial charge in [0, 0.05) is 81.1 Å². The third-order valence-electron chi connectivity index (χ3n) is 19.8. The summed E-state index contributed by atoms with van der Waals surface area (Å²) in [6.07, 6.45) is 1.99. The SMILES string of the molecule is CC(=O)N(C)CC(=O)N[C@H](Cc1ccccc1)C(=O)N(C)[C@@H](CC(C)C)C(=O)N(C)[C@@H](CC(C)C)C(=O)N[C@H](Cc1ccccc1)C(=O)N(C)[C@@H](CC(C)C)C(=O)NCC(=O)N1CCC[C@H]1C(=O)N[C@@H](C(=O)N[C@H](CC(C)C)C(=O)NC(=O)N(C)C(Cc1ccccc1)C(=O)N[C@@H](C)C(=O)N1CCCCC1)[C@@H](C)O. The monoisotopic (exact) mass is 1520 g/mol. The van der Waals surface area contributed by atoms with Crippen molar-refractivity contribution in [3.8, 4) is 0 Å². The molecule has 0 aromatic heterocycles. The van der Waals surface area contributed by atoms with Crippen LogP contribution in [0.5, 0.6) is 0 Å². The van der Waals surface area contributed by atoms with Crippen molar-refractivity contribution in [3.63, 3.8) is 0 Å². The van der Waals surface area contributed by atoms with Crippen LogP contribution in [-0.2, 0) is 81.6 Å². The zero-order valence-electron chi connectivity index (χ0n) is 66.6. The molecule has 8 N–H and O–H groups in total. The number of amides is 15. The lowest BCUT2D eigenvalue weighted by molar-refractivity contribution is -0.150. The van der Waals surface area contributed by atoms with Crippen molar-refractivity contribution < 1.29 is 72.2 Å². The molecule has 3 aromatic rings. The van der Waals surface area contributed by atoms with Gasteiger partial charge < -0.3 is 71.3 Å². The van der Waals surface area contributed by atoms with E-state index in [-0.39, 0.29) is 99.9 Å². The van der Waals surface area contributed by atoms with Crippen LogP contribution in [0.4, 0.5) is 4.79 Å². The Kier molecular flexibility index (Phi) is 35.8. The highest BCUT2D eigenvalue weighted by atomic mass is 16.3. The number of carbonyl (C=O) groups excluding carboxylic acids is 14. The molecule has 0 aliphatic carbocycles. The van der Waals surface area contributed by atoms with E-state index in [4.69, 9.17) is 0 Å². The number of hydrogen-bond donors (Lipinski definition) is 8. The average Bonchev–Trinajstić information content (AvgIpc) is 1.59. The quantitative estimate of drug-likeness (QED) is 0.0408. The van der Waals surface area contributed by atoms with Gasteiger partial charge in [-0.3, -0.25) is 67.6 Å². The third kappa shape index (κ3) is 27.7. The zero-order valence-corrected chi connectivity index (χ0v) is 66.6. The number of nitrogens with one attached hydrogen (secondary N) is 7. The van der Waals surface area contributed by atoms with E-state index in [1.54, 1.807) is 111 Å². The molecule has 0 radical (unpaired) electrons. The molecule has 11 atom stereocenters. The van der Waals surface area contributed by atoms with E-state index in [0.717, 1.165) is 29.7 Å². The van der Waals surface area contributed by atoms with Crippen LogP contribution in [0.15, 0.2) is 91.0 Å². The van der Waals surface area contributed by atoms with Crippen LogP contribution in [0.2, 0.25) is 0 Å². The number of hydrogen-bond acceptors (Lipinski definition) is 15. The molecule has 1 unspecified atom stereocenters. The first kappa shape index (κ1) is 89.8. The molecule has 0 bridgehead atoms. The summed E-state index contributed by atoms with van der Waals surface area (Å²) in [5.74, 6) is -9.32. The Morgan fingerprint density at radius 2 is 0.908 bits per heavy atom. The molecule has 3 aromatic carbocycles. The third-order valence-corrected chi connectivity index (χ3v) is 19.8. The fraction of sp³-hybridized carbons (Fsp3) is 0.600. The molecule has 0 saturated carbocycles. The second-order valence-electron chi connectivity index (χ2n) is 30.8. The van der Waals surface area contributed by atoms with Gasteiger partial charge in [0.2, 0.25) is 70.9 Å². The minimum Gasteiger partial charge on any atom is -0.391 e. The van der Waals surface area contributed by atoms with Crippen molar-refractivity contribution in [2.24, 2.45) is 23.7 Å². The molecule has 29 nitrogen and oxygen atoms in total. The number of imide groups is 1. The first-order valence-electron chi connectivity index (χ1n) is 38.2. The average molecular weight is 1520 g/mol. The Hall–Kier alpha value is -9.80. The van der Waals surface area contributed by atoms with Crippen molar-refractivity contribution >= 4 is 82.8 Å². The van der Waals surface area contributed by atoms with E-state index in [9.17, 15) is 57.8 Å². The zero-order chi connectivity index (χ0) is 81.1. The second kappa shape index (κ2) is 43.4. The van der Waals surface area contributed by atoms with Crippen LogP contribution in [0, 0.1) is 23.7 Å². The molecule has 29 heteroatoms. The number of piperidine rings is 1. The summed E-state index contributed by atoms with van der Waals surface area (Å²) in [5.41, 5.74) is 2.07. The maximum atomic E-state index is 15.2. The van der Waals surface area contributed by atoms with Crippen molar-refractivity contribution in [3.05, 3.63) is 108 Å². The highest BCUT2D eigenvalue weighted by molar-refractivity contribution is 6.02. The maximum absolute atomic E-state index is 15.2. The largest absolute Gasteiger partial charge is 0.391 e. The van der Waals surface area contributed by atoms with Crippen molar-refractivity contribution in [1.82, 2.24) is 71.5 Å². The Labute approximate surface area is 642 Å². The van der Waals surface area contributed by atoms with Gasteiger partial charge in [-0.2, -0.15) is 0 Å². The van der Waals surface area contributed by atoms with Crippen LogP contribution in [0.25, 0.3) is 0 Å². The lowest BCUT2D eigenvalue weighted by Gasteiger charge is -2.37. The number of likely N-dealkylation sites (tertiary alicyclic amines) is 2. The second-order valence-corrected chi connectivity index (χ2v) is 30.8. The lowest BCUT2D eigenvalue weighted by atomic mass is 9.96. The van der Waals surface area contributed by atoms with Crippen LogP contribution in [0.3, 0.4) is 0 Å². The number of urea groups is 1. The molecule has 2 saturated heterocycles. The van der Waals surface area contributed by atoms with Crippen molar-refractivity contribution in [2.45, 2.75) is 220 Å². The molecule has 2 aliphatic heterocycles. The summed E-state index contributed by atoms with van der Waals surface area (Å²) in [6, 6.07) is 13.3. The summed E-state index contributed by atoms with van der Waals surface area (Å²) in [5, 5.41) is 29.6. The summed E-state index contributed by atoms with van der Waals surface area (Å²) in [7, 11) is 7.15. The number of rotatable bonds is 38. The molecule has 0 spiro atoms. The fourth-order valence-electron chi connectivity index (χ4n) is 13.5. The summed E-state index contributed by atoms with van der Waals surface area (Å²) >= 11 is 0. The Balaban J connectivity index is 1.30. The molecule has 2 fully saturated rings. The van der Waals surface area contributed by atoms with Gasteiger partial charge in [-0.05, 0) is 112 Å². The normalized spacial score (nSPS) is 16.3. The number of carbonyl (C=O) groups is 14. The van der Waals surface area contributed by atoms with E-state index < -0.39 is 144 Å². The Morgan fingerprint density at radius 3 is 1.40 bits per heavy atom. The summed E-state index contributed by atoms with van der Waals surface area (Å²) < 4.78 is 0. The van der Waals surface area contributed by atoms with Crippen molar-refractivity contribution in [2.75, 3.05) is 68.0 Å². The van der Waals surface area contributed by atoms with Gasteiger partial charge in [-0.25, -0.2) is 4.79 Å². The molecule has 5 rings (SSSR count). The van der Waals surface area contributed by atoms with Crippen LogP contribution in [-0.4, -0.2) is 257 Å². The minimum absolute atomic E-state index is 0.0127. The van der Waals surface area contributed by atoms with E-state index >= 15 is 14.4 Å². The first-order chi connectivity index (χ1) is 51.4. The van der Waals surface area contributed by atoms with Crippen LogP contribution in [0.1, 0.15) is 151 Å². The summed E-state index contributed by atoms with van der Waals surface area (Å²) in [6.45, 7) is 19.1. The van der Waals surface area contributed by atoms with E-state index in [1.807, 2.05) is 47.6 Å². The number of nitrogens with zero attached hydrogens (tertiary/aromatic N) is 7. The Bertz CT molecular complexity index is 3580. The molecule has 2 heterocycles. The first-order valence-corrected chi connectivity index (χ1v) is 38.2. The minimum atomic E-state index is -1.68. The number of aliphatic hydroxyl groups excluding tert-OH is 1. The molecule has 15 amide bonds. The van der Waals surface area contributed by atoms with Gasteiger partial charge in [0.05, 0.1) is 19.2 Å². The van der Waals surface area contributed by atoms with Gasteiger partial charge in [0.15, 0.2) is 0 Å². The maximum Gasteiger partial charge on any atom is 0.324 e. The lowest BCUT2D eigenvalue weighted by Crippen LogP contribution is -2.61. The molecule has 2 aliphatic rings. The smallest absolute Gasteiger partial charge is 0.324 e. The van der Waals surface area contributed by atoms with E-state index in [0.29, 0.717) is 30.6 Å². The number of likely N-dealkylation sites (N-methyl/N-ethyl adjacent to an activating group) is 5. The van der Waals surface area contributed by atoms with Gasteiger partial charge in [-0.1, -0.05) is 146 Å². The predicted octanol–water partition coefficient (Wildman–Crippen LogP) is 3.34. The predicted molar refractivity (Wildman–Crippen MR) is 412 cm³/mol. The summed E-state index contributed by atoms with van der Waals surface area (Å²) in [4.78, 5) is 207. The van der Waals surface area contributed by atoms with E-state index in [2.05, 4.69) is 37.2 Å². The number of benzene rings is 3. The highest BCUT2D eigenvalue weighted by Crippen LogP contribution is 2.24. The molecule has 109 heavy (non-hydrogen) atoms. The highest BCUT2D eigenvalue weighted by Gasteiger charge is 2.43. The van der Waals surface area contributed by atoms with Crippen LogP contribution >= 0.6 is 0 Å². The molecular weight excluding hydrogens is 1400 g/mol. The fourth-order valence-corrected chi connectivity index (χ4v) is 13.5. The van der Waals surface area contributed by atoms with E-state index in [1.165, 1.54) is 73.6 Å². The molecular formula is C80H120N14O15. The van der Waals surface area contributed by atoms with Gasteiger partial charge >= 0.3 is 6.03 Å².